The van der Waals surface area contributed by atoms with E-state index in [0.717, 1.165) is 24.8 Å². The van der Waals surface area contributed by atoms with E-state index in [1.54, 1.807) is 21.9 Å². The highest BCUT2D eigenvalue weighted by Crippen LogP contribution is 2.43. The lowest BCUT2D eigenvalue weighted by Gasteiger charge is -2.43. The van der Waals surface area contributed by atoms with Gasteiger partial charge in [0.1, 0.15) is 18.0 Å². The van der Waals surface area contributed by atoms with Crippen LogP contribution in [0.5, 0.6) is 5.75 Å². The highest BCUT2D eigenvalue weighted by atomic mass is 35.5. The average Bonchev–Trinajstić information content (AvgIpc) is 2.88. The van der Waals surface area contributed by atoms with Gasteiger partial charge in [-0.25, -0.2) is 4.79 Å². The van der Waals surface area contributed by atoms with Gasteiger partial charge in [-0.2, -0.15) is 0 Å². The number of halogens is 1. The zero-order valence-corrected chi connectivity index (χ0v) is 23.4. The molecule has 0 aromatic heterocycles. The second-order valence-electron chi connectivity index (χ2n) is 11.4. The number of ether oxygens (including phenoxy) is 2. The first-order valence-corrected chi connectivity index (χ1v) is 13.9. The van der Waals surface area contributed by atoms with Crippen LogP contribution >= 0.6 is 11.6 Å². The number of carbonyl (C=O) groups excluding carboxylic acids is 2. The molecule has 1 N–H and O–H groups in total. The fourth-order valence-electron chi connectivity index (χ4n) is 5.30. The van der Waals surface area contributed by atoms with E-state index < -0.39 is 17.1 Å². The molecule has 8 heteroatoms. The first kappa shape index (κ1) is 28.2. The second-order valence-corrected chi connectivity index (χ2v) is 11.8. The number of carbonyl (C=O) groups is 2. The van der Waals surface area contributed by atoms with Gasteiger partial charge in [0.2, 0.25) is 5.91 Å². The second kappa shape index (κ2) is 12.0. The molecule has 0 unspecified atom stereocenters. The number of rotatable bonds is 6. The van der Waals surface area contributed by atoms with Crippen LogP contribution in [0.1, 0.15) is 69.9 Å². The van der Waals surface area contributed by atoms with Crippen molar-refractivity contribution in [3.63, 3.8) is 0 Å². The molecular weight excluding hydrogens is 504 g/mol. The maximum absolute atomic E-state index is 14.0. The summed E-state index contributed by atoms with van der Waals surface area (Å²) in [7, 11) is 0. The summed E-state index contributed by atoms with van der Waals surface area (Å²) < 4.78 is 11.4. The molecule has 0 spiro atoms. The molecule has 1 aliphatic heterocycles. The molecule has 4 rings (SSSR count). The topological polar surface area (TPSA) is 79.3 Å². The van der Waals surface area contributed by atoms with Crippen LogP contribution in [0, 0.1) is 0 Å². The molecule has 0 radical (unpaired) electrons. The first-order valence-electron chi connectivity index (χ1n) is 13.5. The van der Waals surface area contributed by atoms with Gasteiger partial charge in [-0.3, -0.25) is 4.79 Å². The van der Waals surface area contributed by atoms with Crippen molar-refractivity contribution in [1.82, 2.24) is 9.80 Å². The fourth-order valence-corrected chi connectivity index (χ4v) is 5.55. The molecule has 1 heterocycles. The summed E-state index contributed by atoms with van der Waals surface area (Å²) in [6, 6.07) is 15.2. The Morgan fingerprint density at radius 2 is 1.61 bits per heavy atom. The van der Waals surface area contributed by atoms with Gasteiger partial charge >= 0.3 is 6.09 Å². The SMILES string of the molecule is CC(C)(C)OC(=O)N1CCN(C(=O)[C@H](c2ccc(OCc3ccccc3)c(Cl)c2)C2(O)CCCCC2)CC1. The Balaban J connectivity index is 1.50. The third-order valence-electron chi connectivity index (χ3n) is 7.27. The Morgan fingerprint density at radius 3 is 2.21 bits per heavy atom. The lowest BCUT2D eigenvalue weighted by Crippen LogP contribution is -2.55. The molecule has 2 aliphatic rings. The molecule has 1 saturated heterocycles. The van der Waals surface area contributed by atoms with Crippen LogP contribution in [0.3, 0.4) is 0 Å². The zero-order chi connectivity index (χ0) is 27.3. The molecule has 7 nitrogen and oxygen atoms in total. The quantitative estimate of drug-likeness (QED) is 0.501. The van der Waals surface area contributed by atoms with Crippen LogP contribution in [0.25, 0.3) is 0 Å². The number of piperazine rings is 1. The third kappa shape index (κ3) is 7.00. The van der Waals surface area contributed by atoms with E-state index in [9.17, 15) is 14.7 Å². The van der Waals surface area contributed by atoms with Crippen LogP contribution in [-0.4, -0.2) is 64.3 Å². The number of amides is 2. The Bertz CT molecular complexity index is 1100. The van der Waals surface area contributed by atoms with Crippen molar-refractivity contribution in [2.24, 2.45) is 0 Å². The van der Waals surface area contributed by atoms with Gasteiger partial charge in [-0.15, -0.1) is 0 Å². The number of benzene rings is 2. The number of nitrogens with zero attached hydrogens (tertiary/aromatic N) is 2. The summed E-state index contributed by atoms with van der Waals surface area (Å²) in [4.78, 5) is 29.9. The molecule has 2 fully saturated rings. The van der Waals surface area contributed by atoms with E-state index in [-0.39, 0.29) is 12.0 Å². The molecule has 1 aliphatic carbocycles. The molecular formula is C30H39ClN2O5. The van der Waals surface area contributed by atoms with Crippen molar-refractivity contribution in [2.75, 3.05) is 26.2 Å². The minimum Gasteiger partial charge on any atom is -0.487 e. The molecule has 1 saturated carbocycles. The van der Waals surface area contributed by atoms with Crippen LogP contribution in [0.15, 0.2) is 48.5 Å². The van der Waals surface area contributed by atoms with E-state index in [0.29, 0.717) is 62.0 Å². The molecule has 2 aromatic rings. The fraction of sp³-hybridized carbons (Fsp3) is 0.533. The van der Waals surface area contributed by atoms with Gasteiger partial charge in [0, 0.05) is 26.2 Å². The van der Waals surface area contributed by atoms with Crippen molar-refractivity contribution in [3.8, 4) is 5.75 Å². The highest BCUT2D eigenvalue weighted by Gasteiger charge is 2.45. The Labute approximate surface area is 230 Å². The van der Waals surface area contributed by atoms with Gasteiger partial charge in [0.05, 0.1) is 16.5 Å². The molecule has 0 bridgehead atoms. The van der Waals surface area contributed by atoms with Crippen LogP contribution in [0.2, 0.25) is 5.02 Å². The third-order valence-corrected chi connectivity index (χ3v) is 7.57. The number of aliphatic hydroxyl groups is 1. The summed E-state index contributed by atoms with van der Waals surface area (Å²) in [6.07, 6.45) is 3.54. The predicted octanol–water partition coefficient (Wildman–Crippen LogP) is 5.78. The predicted molar refractivity (Wildman–Crippen MR) is 147 cm³/mol. The summed E-state index contributed by atoms with van der Waals surface area (Å²) in [6.45, 7) is 7.44. The normalized spacial score (nSPS) is 18.6. The monoisotopic (exact) mass is 542 g/mol. The van der Waals surface area contributed by atoms with Gasteiger partial charge in [-0.1, -0.05) is 67.3 Å². The Kier molecular flexibility index (Phi) is 8.89. The average molecular weight is 543 g/mol. The Hall–Kier alpha value is -2.77. The largest absolute Gasteiger partial charge is 0.487 e. The van der Waals surface area contributed by atoms with E-state index in [1.807, 2.05) is 57.2 Å². The van der Waals surface area contributed by atoms with Gasteiger partial charge in [-0.05, 0) is 56.9 Å². The summed E-state index contributed by atoms with van der Waals surface area (Å²) >= 11 is 6.63. The van der Waals surface area contributed by atoms with E-state index in [1.165, 1.54) is 0 Å². The molecule has 38 heavy (non-hydrogen) atoms. The minimum absolute atomic E-state index is 0.132. The Morgan fingerprint density at radius 1 is 0.974 bits per heavy atom. The number of hydrogen-bond donors (Lipinski definition) is 1. The van der Waals surface area contributed by atoms with Crippen molar-refractivity contribution >= 4 is 23.6 Å². The number of hydrogen-bond acceptors (Lipinski definition) is 5. The van der Waals surface area contributed by atoms with Crippen molar-refractivity contribution in [1.29, 1.82) is 0 Å². The summed E-state index contributed by atoms with van der Waals surface area (Å²) in [5.41, 5.74) is -0.00279. The lowest BCUT2D eigenvalue weighted by atomic mass is 9.72. The van der Waals surface area contributed by atoms with E-state index in [4.69, 9.17) is 21.1 Å². The van der Waals surface area contributed by atoms with Crippen molar-refractivity contribution < 1.29 is 24.2 Å². The smallest absolute Gasteiger partial charge is 0.410 e. The maximum atomic E-state index is 14.0. The zero-order valence-electron chi connectivity index (χ0n) is 22.6. The maximum Gasteiger partial charge on any atom is 0.410 e. The summed E-state index contributed by atoms with van der Waals surface area (Å²) in [5, 5.41) is 12.2. The van der Waals surface area contributed by atoms with Crippen LogP contribution in [-0.2, 0) is 16.1 Å². The van der Waals surface area contributed by atoms with Gasteiger partial charge in [0.25, 0.3) is 0 Å². The van der Waals surface area contributed by atoms with E-state index in [2.05, 4.69) is 0 Å². The molecule has 1 atom stereocenters. The minimum atomic E-state index is -1.15. The lowest BCUT2D eigenvalue weighted by molar-refractivity contribution is -0.143. The first-order chi connectivity index (χ1) is 18.1. The molecule has 206 valence electrons. The van der Waals surface area contributed by atoms with Crippen molar-refractivity contribution in [2.45, 2.75) is 76.6 Å². The summed E-state index contributed by atoms with van der Waals surface area (Å²) in [5.74, 6) is -0.337. The van der Waals surface area contributed by atoms with Gasteiger partial charge < -0.3 is 24.4 Å². The van der Waals surface area contributed by atoms with Crippen LogP contribution < -0.4 is 4.74 Å². The highest BCUT2D eigenvalue weighted by molar-refractivity contribution is 6.32. The molecule has 2 amide bonds. The standard InChI is InChI=1S/C30H39ClN2O5/c1-29(2,3)38-28(35)33-18-16-32(17-19-33)27(34)26(30(36)14-8-5-9-15-30)23-12-13-25(24(31)20-23)37-21-22-10-6-4-7-11-22/h4,6-7,10-13,20,26,36H,5,8-9,14-19,21H2,1-3H3/t26-/m0/s1. The van der Waals surface area contributed by atoms with Crippen LogP contribution in [0.4, 0.5) is 4.79 Å². The van der Waals surface area contributed by atoms with E-state index >= 15 is 0 Å². The van der Waals surface area contributed by atoms with Crippen molar-refractivity contribution in [3.05, 3.63) is 64.7 Å². The van der Waals surface area contributed by atoms with Gasteiger partial charge in [0.15, 0.2) is 0 Å². The molecule has 2 aromatic carbocycles.